The Balaban J connectivity index is 1.97. The smallest absolute Gasteiger partial charge is 0.127 e. The Hall–Kier alpha value is -1.39. The second kappa shape index (κ2) is 4.94. The van der Waals surface area contributed by atoms with Crippen molar-refractivity contribution < 1.29 is 9.13 Å². The van der Waals surface area contributed by atoms with Gasteiger partial charge in [-0.3, -0.25) is 0 Å². The minimum Gasteiger partial charge on any atom is -0.485 e. The number of ether oxygens (including phenoxy) is 1. The fourth-order valence-corrected chi connectivity index (χ4v) is 3.01. The van der Waals surface area contributed by atoms with Gasteiger partial charge in [0.05, 0.1) is 0 Å². The molecule has 1 aliphatic rings. The van der Waals surface area contributed by atoms with Crippen LogP contribution in [0.4, 0.5) is 4.39 Å². The molecule has 0 spiro atoms. The van der Waals surface area contributed by atoms with E-state index in [0.717, 1.165) is 16.9 Å². The molecule has 2 atom stereocenters. The van der Waals surface area contributed by atoms with E-state index < -0.39 is 0 Å². The Bertz CT molecular complexity index is 617. The highest BCUT2D eigenvalue weighted by molar-refractivity contribution is 9.10. The van der Waals surface area contributed by atoms with E-state index in [2.05, 4.69) is 15.9 Å². The third-order valence-electron chi connectivity index (χ3n) is 3.37. The molecule has 2 aromatic rings. The van der Waals surface area contributed by atoms with Gasteiger partial charge < -0.3 is 10.5 Å². The molecule has 0 aromatic heterocycles. The van der Waals surface area contributed by atoms with Crippen molar-refractivity contribution in [1.82, 2.24) is 0 Å². The SMILES string of the molecule is N[C@H]1CC(c2ccc(F)cc2Br)Oc2ccccc21. The van der Waals surface area contributed by atoms with E-state index in [1.54, 1.807) is 6.07 Å². The zero-order valence-electron chi connectivity index (χ0n) is 10.1. The third kappa shape index (κ3) is 2.38. The lowest BCUT2D eigenvalue weighted by Crippen LogP contribution is -2.24. The van der Waals surface area contributed by atoms with Crippen LogP contribution in [0, 0.1) is 5.82 Å². The van der Waals surface area contributed by atoms with E-state index in [1.807, 2.05) is 24.3 Å². The summed E-state index contributed by atoms with van der Waals surface area (Å²) in [6.07, 6.45) is 0.529. The fraction of sp³-hybridized carbons (Fsp3) is 0.200. The van der Waals surface area contributed by atoms with Gasteiger partial charge in [0.15, 0.2) is 0 Å². The summed E-state index contributed by atoms with van der Waals surface area (Å²) in [7, 11) is 0. The van der Waals surface area contributed by atoms with Crippen LogP contribution in [0.1, 0.15) is 29.7 Å². The van der Waals surface area contributed by atoms with Crippen LogP contribution in [0.3, 0.4) is 0 Å². The summed E-state index contributed by atoms with van der Waals surface area (Å²) in [4.78, 5) is 0. The summed E-state index contributed by atoms with van der Waals surface area (Å²) >= 11 is 3.38. The lowest BCUT2D eigenvalue weighted by Gasteiger charge is -2.31. The van der Waals surface area contributed by atoms with E-state index >= 15 is 0 Å². The molecule has 2 nitrogen and oxygen atoms in total. The van der Waals surface area contributed by atoms with Crippen LogP contribution in [0.2, 0.25) is 0 Å². The summed E-state index contributed by atoms with van der Waals surface area (Å²) in [5.74, 6) is 0.540. The molecule has 1 aliphatic heterocycles. The molecule has 4 heteroatoms. The molecule has 2 aromatic carbocycles. The lowest BCUT2D eigenvalue weighted by atomic mass is 9.94. The van der Waals surface area contributed by atoms with Gasteiger partial charge >= 0.3 is 0 Å². The molecule has 0 saturated carbocycles. The number of benzene rings is 2. The highest BCUT2D eigenvalue weighted by Crippen LogP contribution is 2.41. The maximum atomic E-state index is 13.1. The van der Waals surface area contributed by atoms with Crippen LogP contribution >= 0.6 is 15.9 Å². The quantitative estimate of drug-likeness (QED) is 0.857. The maximum absolute atomic E-state index is 13.1. The molecule has 0 saturated heterocycles. The monoisotopic (exact) mass is 321 g/mol. The first-order chi connectivity index (χ1) is 9.15. The van der Waals surface area contributed by atoms with Gasteiger partial charge in [-0.25, -0.2) is 4.39 Å². The highest BCUT2D eigenvalue weighted by atomic mass is 79.9. The Morgan fingerprint density at radius 3 is 2.74 bits per heavy atom. The zero-order chi connectivity index (χ0) is 13.4. The zero-order valence-corrected chi connectivity index (χ0v) is 11.7. The number of para-hydroxylation sites is 1. The Morgan fingerprint density at radius 1 is 1.16 bits per heavy atom. The molecule has 1 heterocycles. The lowest BCUT2D eigenvalue weighted by molar-refractivity contribution is 0.161. The minimum atomic E-state index is -0.267. The van der Waals surface area contributed by atoms with Gasteiger partial charge in [-0.05, 0) is 18.2 Å². The summed E-state index contributed by atoms with van der Waals surface area (Å²) in [6, 6.07) is 12.3. The number of hydrogen-bond acceptors (Lipinski definition) is 2. The molecule has 0 fully saturated rings. The summed E-state index contributed by atoms with van der Waals surface area (Å²) < 4.78 is 19.8. The molecule has 0 radical (unpaired) electrons. The first-order valence-electron chi connectivity index (χ1n) is 6.11. The second-order valence-electron chi connectivity index (χ2n) is 4.65. The first kappa shape index (κ1) is 12.6. The minimum absolute atomic E-state index is 0.0631. The van der Waals surface area contributed by atoms with Gasteiger partial charge in [0.1, 0.15) is 17.7 Å². The van der Waals surface area contributed by atoms with Gasteiger partial charge in [0.2, 0.25) is 0 Å². The summed E-state index contributed by atoms with van der Waals surface area (Å²) in [5, 5.41) is 0. The van der Waals surface area contributed by atoms with E-state index in [9.17, 15) is 4.39 Å². The van der Waals surface area contributed by atoms with Gasteiger partial charge in [0.25, 0.3) is 0 Å². The number of nitrogens with two attached hydrogens (primary N) is 1. The predicted octanol–water partition coefficient (Wildman–Crippen LogP) is 4.11. The van der Waals surface area contributed by atoms with Gasteiger partial charge in [-0.2, -0.15) is 0 Å². The average Bonchev–Trinajstić information content (AvgIpc) is 2.38. The molecular formula is C15H13BrFNO. The van der Waals surface area contributed by atoms with Crippen molar-refractivity contribution in [2.75, 3.05) is 0 Å². The number of halogens is 2. The van der Waals surface area contributed by atoms with Crippen molar-refractivity contribution in [2.24, 2.45) is 5.73 Å². The number of hydrogen-bond donors (Lipinski definition) is 1. The standard InChI is InChI=1S/C15H13BrFNO/c16-12-7-9(17)5-6-10(12)15-8-13(18)11-3-1-2-4-14(11)19-15/h1-7,13,15H,8,18H2/t13-,15?/m0/s1. The maximum Gasteiger partial charge on any atom is 0.127 e. The number of fused-ring (bicyclic) bond motifs is 1. The van der Waals surface area contributed by atoms with Crippen molar-refractivity contribution in [3.05, 3.63) is 63.9 Å². The van der Waals surface area contributed by atoms with Crippen LogP contribution in [-0.2, 0) is 0 Å². The van der Waals surface area contributed by atoms with E-state index in [-0.39, 0.29) is 18.0 Å². The Kier molecular flexibility index (Phi) is 3.29. The second-order valence-corrected chi connectivity index (χ2v) is 5.51. The topological polar surface area (TPSA) is 35.2 Å². The van der Waals surface area contributed by atoms with Crippen molar-refractivity contribution in [3.63, 3.8) is 0 Å². The van der Waals surface area contributed by atoms with Gasteiger partial charge in [-0.15, -0.1) is 0 Å². The first-order valence-corrected chi connectivity index (χ1v) is 6.90. The van der Waals surface area contributed by atoms with Crippen LogP contribution in [0.25, 0.3) is 0 Å². The molecule has 2 N–H and O–H groups in total. The molecule has 19 heavy (non-hydrogen) atoms. The van der Waals surface area contributed by atoms with E-state index in [1.165, 1.54) is 12.1 Å². The number of rotatable bonds is 1. The fourth-order valence-electron chi connectivity index (χ4n) is 2.41. The van der Waals surface area contributed by atoms with Crippen molar-refractivity contribution in [1.29, 1.82) is 0 Å². The van der Waals surface area contributed by atoms with E-state index in [4.69, 9.17) is 10.5 Å². The normalized spacial score (nSPS) is 21.6. The average molecular weight is 322 g/mol. The molecule has 0 aliphatic carbocycles. The largest absolute Gasteiger partial charge is 0.485 e. The van der Waals surface area contributed by atoms with Crippen molar-refractivity contribution in [3.8, 4) is 5.75 Å². The van der Waals surface area contributed by atoms with Gasteiger partial charge in [0, 0.05) is 28.1 Å². The highest BCUT2D eigenvalue weighted by Gasteiger charge is 2.27. The van der Waals surface area contributed by atoms with Crippen LogP contribution in [0.15, 0.2) is 46.9 Å². The van der Waals surface area contributed by atoms with Crippen molar-refractivity contribution in [2.45, 2.75) is 18.6 Å². The molecule has 0 bridgehead atoms. The van der Waals surface area contributed by atoms with Crippen molar-refractivity contribution >= 4 is 15.9 Å². The van der Waals surface area contributed by atoms with Gasteiger partial charge in [-0.1, -0.05) is 40.2 Å². The van der Waals surface area contributed by atoms with E-state index in [0.29, 0.717) is 10.9 Å². The predicted molar refractivity (Wildman–Crippen MR) is 75.5 cm³/mol. The molecule has 98 valence electrons. The molecule has 1 unspecified atom stereocenters. The Labute approximate surface area is 119 Å². The molecule has 3 rings (SSSR count). The summed E-state index contributed by atoms with van der Waals surface area (Å²) in [5.41, 5.74) is 8.13. The Morgan fingerprint density at radius 2 is 1.95 bits per heavy atom. The van der Waals surface area contributed by atoms with Crippen LogP contribution in [-0.4, -0.2) is 0 Å². The van der Waals surface area contributed by atoms with Crippen LogP contribution < -0.4 is 10.5 Å². The molecule has 0 amide bonds. The molecular weight excluding hydrogens is 309 g/mol. The summed E-state index contributed by atoms with van der Waals surface area (Å²) in [6.45, 7) is 0. The van der Waals surface area contributed by atoms with Crippen LogP contribution in [0.5, 0.6) is 5.75 Å². The third-order valence-corrected chi connectivity index (χ3v) is 4.05.